The van der Waals surface area contributed by atoms with Crippen molar-refractivity contribution >= 4 is 35.3 Å². The van der Waals surface area contributed by atoms with E-state index in [2.05, 4.69) is 30.3 Å². The van der Waals surface area contributed by atoms with Gasteiger partial charge in [-0.2, -0.15) is 5.10 Å². The van der Waals surface area contributed by atoms with E-state index in [9.17, 15) is 22.8 Å². The molecule has 0 aliphatic rings. The van der Waals surface area contributed by atoms with Gasteiger partial charge in [-0.1, -0.05) is 17.2 Å². The Labute approximate surface area is 245 Å². The molecular formula is C25H26F3FeN7O3S. The molecule has 0 saturated heterocycles. The smallest absolute Gasteiger partial charge is 0.763 e. The van der Waals surface area contributed by atoms with Gasteiger partial charge in [0.05, 0.1) is 18.0 Å². The molecule has 3 rings (SSSR count). The maximum absolute atomic E-state index is 12.3. The van der Waals surface area contributed by atoms with Gasteiger partial charge in [-0.3, -0.25) is 9.78 Å². The van der Waals surface area contributed by atoms with Crippen LogP contribution in [0.15, 0.2) is 66.0 Å². The zero-order chi connectivity index (χ0) is 28.7. The summed E-state index contributed by atoms with van der Waals surface area (Å²) in [6, 6.07) is 12.0. The fourth-order valence-electron chi connectivity index (χ4n) is 3.12. The molecule has 0 unspecified atom stereocenters. The minimum atomic E-state index is -4.79. The first kappa shape index (κ1) is 34.2. The first-order valence-electron chi connectivity index (χ1n) is 11.6. The number of nitrogens with one attached hydrogen (secondary N) is 2. The average molecular weight is 617 g/mol. The number of halogens is 3. The van der Waals surface area contributed by atoms with Gasteiger partial charge in [-0.25, -0.2) is 5.10 Å². The fourth-order valence-corrected chi connectivity index (χ4v) is 3.26. The number of carbonyl (C=O) groups excluding carboxylic acids is 2. The molecule has 3 aromatic rings. The van der Waals surface area contributed by atoms with Crippen molar-refractivity contribution in [2.45, 2.75) is 44.9 Å². The SMILES string of the molecule is N/N=C(\[S-])CCCCc1ccc(NC(=O)Cc2cccc(OC(F)(F)F)c2)nn1.[Fe+2].[NH-]C(=O)Cc1ccncc1. The van der Waals surface area contributed by atoms with Crippen LogP contribution in [0.5, 0.6) is 5.75 Å². The predicted octanol–water partition coefficient (Wildman–Crippen LogP) is 4.29. The monoisotopic (exact) mass is 617 g/mol. The summed E-state index contributed by atoms with van der Waals surface area (Å²) in [7, 11) is 0. The Morgan fingerprint density at radius 3 is 2.35 bits per heavy atom. The maximum atomic E-state index is 12.3. The summed E-state index contributed by atoms with van der Waals surface area (Å²) >= 11 is 4.90. The molecule has 15 heteroatoms. The molecule has 2 aromatic heterocycles. The number of nitrogens with two attached hydrogens (primary N) is 1. The number of pyridine rings is 1. The van der Waals surface area contributed by atoms with Gasteiger partial charge in [0.2, 0.25) is 5.91 Å². The van der Waals surface area contributed by atoms with Crippen molar-refractivity contribution in [1.29, 1.82) is 0 Å². The van der Waals surface area contributed by atoms with Crippen LogP contribution < -0.4 is 15.9 Å². The number of hydrogen-bond donors (Lipinski definition) is 2. The fraction of sp³-hybridized carbons (Fsp3) is 0.280. The van der Waals surface area contributed by atoms with Crippen LogP contribution in [0.25, 0.3) is 5.73 Å². The first-order chi connectivity index (χ1) is 18.5. The predicted molar refractivity (Wildman–Crippen MR) is 141 cm³/mol. The molecule has 0 aliphatic carbocycles. The molecule has 40 heavy (non-hydrogen) atoms. The number of carbonyl (C=O) groups is 2. The Kier molecular flexibility index (Phi) is 15.2. The second-order valence-electron chi connectivity index (χ2n) is 8.02. The quantitative estimate of drug-likeness (QED) is 0.0614. The Morgan fingerprint density at radius 2 is 1.75 bits per heavy atom. The van der Waals surface area contributed by atoms with Gasteiger partial charge in [0.25, 0.3) is 0 Å². The van der Waals surface area contributed by atoms with Crippen molar-refractivity contribution in [3.8, 4) is 5.75 Å². The van der Waals surface area contributed by atoms with Crippen LogP contribution in [0.1, 0.15) is 36.1 Å². The normalized spacial score (nSPS) is 10.9. The largest absolute Gasteiger partial charge is 2.00 e. The number of ether oxygens (including phenoxy) is 1. The summed E-state index contributed by atoms with van der Waals surface area (Å²) in [6.07, 6.45) is 1.49. The van der Waals surface area contributed by atoms with Gasteiger partial charge >= 0.3 is 23.4 Å². The molecule has 0 saturated carbocycles. The number of rotatable bonds is 11. The Hall–Kier alpha value is -3.81. The summed E-state index contributed by atoms with van der Waals surface area (Å²) in [5.41, 5.74) is 8.63. The standard InChI is InChI=1S/C18H20F3N5O2S.C7H8N2O.Fe/c19-18(20,21)28-14-6-3-4-12(10-14)11-16(27)23-15-9-8-13(25-26-15)5-1-2-7-17(29)24-22;8-7(10)5-6-1-3-9-4-2-6;/h3-4,6,8-10H,1-2,5,7,11,22H2,(H,24,29)(H,23,26,27);1-4H,5H2,(H2,8,10);/q;;+2/p-2. The summed E-state index contributed by atoms with van der Waals surface area (Å²) < 4.78 is 40.7. The third kappa shape index (κ3) is 15.0. The van der Waals surface area contributed by atoms with Crippen LogP contribution in [0.2, 0.25) is 0 Å². The number of benzene rings is 1. The van der Waals surface area contributed by atoms with Gasteiger partial charge in [-0.05, 0) is 73.2 Å². The average Bonchev–Trinajstić information content (AvgIpc) is 2.87. The van der Waals surface area contributed by atoms with Crippen molar-refractivity contribution in [2.24, 2.45) is 10.9 Å². The molecule has 214 valence electrons. The van der Waals surface area contributed by atoms with Crippen LogP contribution >= 0.6 is 0 Å². The summed E-state index contributed by atoms with van der Waals surface area (Å²) in [6.45, 7) is 0. The van der Waals surface area contributed by atoms with E-state index in [1.807, 2.05) is 0 Å². The molecule has 2 heterocycles. The van der Waals surface area contributed by atoms with Gasteiger partial charge in [-0.15, -0.1) is 18.3 Å². The zero-order valence-electron chi connectivity index (χ0n) is 21.0. The molecule has 0 atom stereocenters. The van der Waals surface area contributed by atoms with Crippen molar-refractivity contribution < 1.29 is 44.6 Å². The number of hydrazone groups is 1. The van der Waals surface area contributed by atoms with Crippen LogP contribution in [-0.2, 0) is 58.5 Å². The molecule has 0 aliphatic heterocycles. The topological polar surface area (TPSA) is 156 Å². The van der Waals surface area contributed by atoms with Crippen LogP contribution in [-0.4, -0.2) is 38.4 Å². The summed E-state index contributed by atoms with van der Waals surface area (Å²) in [4.78, 5) is 26.1. The van der Waals surface area contributed by atoms with Crippen LogP contribution in [0.4, 0.5) is 19.0 Å². The summed E-state index contributed by atoms with van der Waals surface area (Å²) in [5.74, 6) is 3.95. The first-order valence-corrected chi connectivity index (χ1v) is 12.0. The van der Waals surface area contributed by atoms with E-state index in [0.29, 0.717) is 23.4 Å². The number of unbranched alkanes of at least 4 members (excludes halogenated alkanes) is 1. The third-order valence-corrected chi connectivity index (χ3v) is 5.13. The Balaban J connectivity index is 0.000000612. The second-order valence-corrected chi connectivity index (χ2v) is 8.49. The molecule has 10 nitrogen and oxygen atoms in total. The number of aryl methyl sites for hydroxylation is 1. The van der Waals surface area contributed by atoms with Crippen molar-refractivity contribution in [3.05, 3.63) is 83.5 Å². The molecular weight excluding hydrogens is 591 g/mol. The minimum absolute atomic E-state index is 0. The minimum Gasteiger partial charge on any atom is -0.763 e. The zero-order valence-corrected chi connectivity index (χ0v) is 22.9. The molecule has 1 aromatic carbocycles. The van der Waals surface area contributed by atoms with Crippen LogP contribution in [0, 0.1) is 0 Å². The second kappa shape index (κ2) is 17.7. The molecule has 0 spiro atoms. The van der Waals surface area contributed by atoms with E-state index in [0.717, 1.165) is 36.2 Å². The van der Waals surface area contributed by atoms with E-state index in [-0.39, 0.29) is 41.5 Å². The third-order valence-electron chi connectivity index (χ3n) is 4.82. The Morgan fingerprint density at radius 1 is 1.02 bits per heavy atom. The maximum Gasteiger partial charge on any atom is 2.00 e. The molecule has 4 N–H and O–H groups in total. The van der Waals surface area contributed by atoms with Gasteiger partial charge in [0, 0.05) is 18.8 Å². The van der Waals surface area contributed by atoms with E-state index >= 15 is 0 Å². The molecule has 0 radical (unpaired) electrons. The van der Waals surface area contributed by atoms with E-state index in [1.54, 1.807) is 36.7 Å². The number of amides is 2. The number of aromatic nitrogens is 3. The summed E-state index contributed by atoms with van der Waals surface area (Å²) in [5, 5.41) is 14.4. The van der Waals surface area contributed by atoms with Gasteiger partial charge < -0.3 is 39.1 Å². The van der Waals surface area contributed by atoms with Crippen molar-refractivity contribution in [2.75, 3.05) is 5.32 Å². The number of hydrogen-bond acceptors (Lipinski definition) is 9. The van der Waals surface area contributed by atoms with Gasteiger partial charge in [0.15, 0.2) is 5.82 Å². The molecule has 0 fully saturated rings. The van der Waals surface area contributed by atoms with E-state index in [4.69, 9.17) is 24.2 Å². The van der Waals surface area contributed by atoms with E-state index in [1.165, 1.54) is 12.1 Å². The number of alkyl halides is 3. The Bertz CT molecular complexity index is 1230. The van der Waals surface area contributed by atoms with Crippen molar-refractivity contribution in [1.82, 2.24) is 15.2 Å². The molecule has 2 amide bonds. The van der Waals surface area contributed by atoms with E-state index < -0.39 is 18.2 Å². The van der Waals surface area contributed by atoms with Crippen LogP contribution in [0.3, 0.4) is 0 Å². The van der Waals surface area contributed by atoms with Crippen molar-refractivity contribution in [3.63, 3.8) is 0 Å². The number of anilines is 1. The van der Waals surface area contributed by atoms with Gasteiger partial charge in [0.1, 0.15) is 5.75 Å². The molecule has 0 bridgehead atoms. The number of nitrogens with zero attached hydrogens (tertiary/aromatic N) is 4.